The first-order valence-corrected chi connectivity index (χ1v) is 11.0. The van der Waals surface area contributed by atoms with E-state index < -0.39 is 0 Å². The molecule has 30 heavy (non-hydrogen) atoms. The third-order valence-electron chi connectivity index (χ3n) is 6.04. The van der Waals surface area contributed by atoms with Crippen molar-refractivity contribution in [3.05, 3.63) is 72.8 Å². The van der Waals surface area contributed by atoms with Crippen LogP contribution >= 0.6 is 0 Å². The average Bonchev–Trinajstić information content (AvgIpc) is 3.21. The summed E-state index contributed by atoms with van der Waals surface area (Å²) in [5.74, 6) is 1.06. The summed E-state index contributed by atoms with van der Waals surface area (Å²) >= 11 is 0. The van der Waals surface area contributed by atoms with Crippen molar-refractivity contribution >= 4 is 11.6 Å². The van der Waals surface area contributed by atoms with E-state index in [1.54, 1.807) is 11.1 Å². The molecule has 0 bridgehead atoms. The van der Waals surface area contributed by atoms with Gasteiger partial charge in [0.05, 0.1) is 32.6 Å². The molecule has 5 nitrogen and oxygen atoms in total. The number of hydrogen-bond acceptors (Lipinski definition) is 2. The van der Waals surface area contributed by atoms with E-state index in [4.69, 9.17) is 0 Å². The molecular formula is C25H31N4O+. The van der Waals surface area contributed by atoms with E-state index in [2.05, 4.69) is 29.2 Å². The maximum atomic E-state index is 13.3. The molecular weight excluding hydrogens is 372 g/mol. The number of rotatable bonds is 7. The Hall–Kier alpha value is -2.92. The number of carbonyl (C=O) groups is 1. The van der Waals surface area contributed by atoms with Crippen LogP contribution in [0.25, 0.3) is 11.1 Å². The molecule has 1 saturated heterocycles. The van der Waals surface area contributed by atoms with Gasteiger partial charge in [-0.1, -0.05) is 42.5 Å². The van der Waals surface area contributed by atoms with Crippen LogP contribution in [0.3, 0.4) is 0 Å². The number of anilines is 1. The Kier molecular flexibility index (Phi) is 6.60. The molecule has 1 aromatic heterocycles. The second-order valence-electron chi connectivity index (χ2n) is 8.16. The molecule has 2 aromatic carbocycles. The molecule has 0 radical (unpaired) electrons. The van der Waals surface area contributed by atoms with E-state index in [9.17, 15) is 4.79 Å². The first-order valence-electron chi connectivity index (χ1n) is 11.0. The highest BCUT2D eigenvalue weighted by Crippen LogP contribution is 2.26. The Labute approximate surface area is 179 Å². The molecule has 1 fully saturated rings. The topological polar surface area (TPSA) is 42.6 Å². The van der Waals surface area contributed by atoms with Crippen molar-refractivity contribution in [2.24, 2.45) is 7.05 Å². The highest BCUT2D eigenvalue weighted by molar-refractivity contribution is 5.94. The van der Waals surface area contributed by atoms with Crippen molar-refractivity contribution in [1.82, 2.24) is 9.55 Å². The van der Waals surface area contributed by atoms with Crippen LogP contribution in [0.2, 0.25) is 0 Å². The van der Waals surface area contributed by atoms with Gasteiger partial charge in [-0.3, -0.25) is 4.79 Å². The van der Waals surface area contributed by atoms with Gasteiger partial charge in [-0.2, -0.15) is 0 Å². The lowest BCUT2D eigenvalue weighted by molar-refractivity contribution is -0.904. The summed E-state index contributed by atoms with van der Waals surface area (Å²) in [6.45, 7) is 3.77. The molecule has 1 aliphatic heterocycles. The van der Waals surface area contributed by atoms with E-state index in [1.165, 1.54) is 32.4 Å². The predicted octanol–water partition coefficient (Wildman–Crippen LogP) is 3.08. The molecule has 1 amide bonds. The molecule has 1 aliphatic rings. The molecule has 0 unspecified atom stereocenters. The molecule has 1 N–H and O–H groups in total. The number of nitrogens with zero attached hydrogens (tertiary/aromatic N) is 3. The summed E-state index contributed by atoms with van der Waals surface area (Å²) < 4.78 is 1.98. The van der Waals surface area contributed by atoms with Crippen LogP contribution in [0.5, 0.6) is 0 Å². The molecule has 4 rings (SSSR count). The number of piperidine rings is 1. The molecule has 0 atom stereocenters. The number of carbonyl (C=O) groups excluding carboxylic acids is 1. The number of aromatic nitrogens is 2. The summed E-state index contributed by atoms with van der Waals surface area (Å²) in [5.41, 5.74) is 3.20. The van der Waals surface area contributed by atoms with Gasteiger partial charge in [-0.25, -0.2) is 4.98 Å². The van der Waals surface area contributed by atoms with Crippen LogP contribution in [0.1, 0.15) is 31.5 Å². The lowest BCUT2D eigenvalue weighted by Crippen LogP contribution is -3.12. The molecule has 5 heteroatoms. The summed E-state index contributed by atoms with van der Waals surface area (Å²) in [5, 5.41) is 0. The Morgan fingerprint density at radius 3 is 2.53 bits per heavy atom. The van der Waals surface area contributed by atoms with Crippen LogP contribution < -0.4 is 9.80 Å². The Morgan fingerprint density at radius 1 is 1.03 bits per heavy atom. The van der Waals surface area contributed by atoms with Crippen molar-refractivity contribution in [1.29, 1.82) is 0 Å². The zero-order valence-electron chi connectivity index (χ0n) is 17.8. The average molecular weight is 404 g/mol. The van der Waals surface area contributed by atoms with Gasteiger partial charge >= 0.3 is 0 Å². The van der Waals surface area contributed by atoms with Crippen molar-refractivity contribution < 1.29 is 9.69 Å². The fourth-order valence-corrected chi connectivity index (χ4v) is 4.22. The standard InChI is InChI=1S/C25H30N4O/c1-27-18-14-26-24(27)20-29(25(30)13-17-28-15-6-3-7-16-28)23-12-8-11-22(19-23)21-9-4-2-5-10-21/h2,4-5,8-12,14,18-19H,3,6-7,13,15-17,20H2,1H3/p+1. The largest absolute Gasteiger partial charge is 0.337 e. The van der Waals surface area contributed by atoms with E-state index in [-0.39, 0.29) is 5.91 Å². The number of aryl methyl sites for hydroxylation is 1. The van der Waals surface area contributed by atoms with E-state index in [0.717, 1.165) is 29.2 Å². The highest BCUT2D eigenvalue weighted by Gasteiger charge is 2.21. The van der Waals surface area contributed by atoms with Gasteiger partial charge < -0.3 is 14.4 Å². The SMILES string of the molecule is Cn1ccnc1CN(C(=O)CC[NH+]1CCCCC1)c1cccc(-c2ccccc2)c1. The smallest absolute Gasteiger partial charge is 0.233 e. The summed E-state index contributed by atoms with van der Waals surface area (Å²) in [7, 11) is 1.98. The van der Waals surface area contributed by atoms with Crippen LogP contribution in [0, 0.1) is 0 Å². The summed E-state index contributed by atoms with van der Waals surface area (Å²) in [4.78, 5) is 21.3. The normalized spacial score (nSPS) is 14.6. The maximum Gasteiger partial charge on any atom is 0.233 e. The minimum atomic E-state index is 0.168. The van der Waals surface area contributed by atoms with Gasteiger partial charge in [0.15, 0.2) is 0 Å². The molecule has 156 valence electrons. The minimum absolute atomic E-state index is 0.168. The lowest BCUT2D eigenvalue weighted by atomic mass is 10.0. The van der Waals surface area contributed by atoms with Gasteiger partial charge in [0.25, 0.3) is 0 Å². The first-order chi connectivity index (χ1) is 14.7. The number of imidazole rings is 1. The second kappa shape index (κ2) is 9.72. The Balaban J connectivity index is 1.57. The van der Waals surface area contributed by atoms with Gasteiger partial charge in [-0.15, -0.1) is 0 Å². The number of amides is 1. The van der Waals surface area contributed by atoms with E-state index >= 15 is 0 Å². The Bertz CT molecular complexity index is 960. The fraction of sp³-hybridized carbons (Fsp3) is 0.360. The van der Waals surface area contributed by atoms with Crippen molar-refractivity contribution in [3.8, 4) is 11.1 Å². The minimum Gasteiger partial charge on any atom is -0.337 e. The lowest BCUT2D eigenvalue weighted by Gasteiger charge is -2.26. The van der Waals surface area contributed by atoms with Crippen LogP contribution in [0.4, 0.5) is 5.69 Å². The number of likely N-dealkylation sites (tertiary alicyclic amines) is 1. The highest BCUT2D eigenvalue weighted by atomic mass is 16.2. The fourth-order valence-electron chi connectivity index (χ4n) is 4.22. The zero-order valence-corrected chi connectivity index (χ0v) is 17.8. The third kappa shape index (κ3) is 4.97. The molecule has 3 aromatic rings. The monoisotopic (exact) mass is 403 g/mol. The Morgan fingerprint density at radius 2 is 1.80 bits per heavy atom. The first kappa shape index (κ1) is 20.4. The van der Waals surface area contributed by atoms with Gasteiger partial charge in [0.1, 0.15) is 5.82 Å². The summed E-state index contributed by atoms with van der Waals surface area (Å²) in [6.07, 6.45) is 8.16. The van der Waals surface area contributed by atoms with Crippen LogP contribution in [-0.2, 0) is 18.4 Å². The molecule has 0 spiro atoms. The summed E-state index contributed by atoms with van der Waals surface area (Å²) in [6, 6.07) is 18.6. The molecule has 0 aliphatic carbocycles. The number of nitrogens with one attached hydrogen (secondary N) is 1. The quantitative estimate of drug-likeness (QED) is 0.659. The van der Waals surface area contributed by atoms with E-state index in [1.807, 2.05) is 53.0 Å². The van der Waals surface area contributed by atoms with Gasteiger partial charge in [-0.05, 0) is 42.5 Å². The third-order valence-corrected chi connectivity index (χ3v) is 6.04. The second-order valence-corrected chi connectivity index (χ2v) is 8.16. The van der Waals surface area contributed by atoms with Gasteiger partial charge in [0.2, 0.25) is 5.91 Å². The predicted molar refractivity (Wildman–Crippen MR) is 120 cm³/mol. The van der Waals surface area contributed by atoms with Crippen molar-refractivity contribution in [2.75, 3.05) is 24.5 Å². The number of benzene rings is 2. The molecule has 2 heterocycles. The maximum absolute atomic E-state index is 13.3. The number of quaternary nitrogens is 1. The number of hydrogen-bond donors (Lipinski definition) is 1. The van der Waals surface area contributed by atoms with Crippen molar-refractivity contribution in [3.63, 3.8) is 0 Å². The van der Waals surface area contributed by atoms with E-state index in [0.29, 0.717) is 13.0 Å². The van der Waals surface area contributed by atoms with Crippen molar-refractivity contribution in [2.45, 2.75) is 32.2 Å². The van der Waals surface area contributed by atoms with Crippen LogP contribution in [-0.4, -0.2) is 35.1 Å². The van der Waals surface area contributed by atoms with Crippen LogP contribution in [0.15, 0.2) is 67.0 Å². The van der Waals surface area contributed by atoms with Gasteiger partial charge in [0, 0.05) is 25.1 Å². The zero-order chi connectivity index (χ0) is 20.8. The molecule has 0 saturated carbocycles.